The Bertz CT molecular complexity index is 2050. The molecule has 6 nitrogen and oxygen atoms in total. The number of hydrogen-bond donors (Lipinski definition) is 1. The molecule has 0 spiro atoms. The van der Waals surface area contributed by atoms with E-state index < -0.39 is 6.97 Å². The number of fused-ring (bicyclic) bond motifs is 4. The molecule has 9 heteroatoms. The van der Waals surface area contributed by atoms with Crippen LogP contribution in [0, 0.1) is 11.8 Å². The highest BCUT2D eigenvalue weighted by molar-refractivity contribution is 6.58. The van der Waals surface area contributed by atoms with E-state index in [0.29, 0.717) is 48.7 Å². The molecule has 3 aliphatic heterocycles. The molecule has 3 aliphatic rings. The van der Waals surface area contributed by atoms with E-state index in [1.807, 2.05) is 83.8 Å². The van der Waals surface area contributed by atoms with Crippen LogP contribution in [0.1, 0.15) is 65.7 Å². The van der Waals surface area contributed by atoms with Crippen LogP contribution in [0.15, 0.2) is 109 Å². The van der Waals surface area contributed by atoms with E-state index in [9.17, 15) is 9.59 Å². The number of allylic oxidation sites excluding steroid dienone is 2. The van der Waals surface area contributed by atoms with Gasteiger partial charge in [0.25, 0.3) is 0 Å². The summed E-state index contributed by atoms with van der Waals surface area (Å²) in [5.41, 5.74) is 6.11. The van der Waals surface area contributed by atoms with Crippen molar-refractivity contribution in [2.75, 3.05) is 11.4 Å². The maximum Gasteiger partial charge on any atom is 0.737 e. The molecule has 1 N–H and O–H groups in total. The van der Waals surface area contributed by atoms with Crippen molar-refractivity contribution in [1.29, 1.82) is 0 Å². The Morgan fingerprint density at radius 2 is 1.56 bits per heavy atom. The lowest BCUT2D eigenvalue weighted by molar-refractivity contribution is -0.360. The van der Waals surface area contributed by atoms with Gasteiger partial charge in [-0.25, -0.2) is 0 Å². The van der Waals surface area contributed by atoms with Crippen LogP contribution in [-0.2, 0) is 22.6 Å². The van der Waals surface area contributed by atoms with Crippen molar-refractivity contribution < 1.29 is 22.7 Å². The Morgan fingerprint density at radius 3 is 2.42 bits per heavy atom. The third kappa shape index (κ3) is 6.14. The Balaban J connectivity index is 0.901. The zero-order chi connectivity index (χ0) is 33.1. The number of para-hydroxylation sites is 1. The van der Waals surface area contributed by atoms with E-state index in [4.69, 9.17) is 0 Å². The first-order chi connectivity index (χ1) is 23.4. The number of rotatable bonds is 10. The molecular weight excluding hydrogens is 605 g/mol. The summed E-state index contributed by atoms with van der Waals surface area (Å²) >= 11 is 0. The van der Waals surface area contributed by atoms with E-state index in [1.54, 1.807) is 30.4 Å². The van der Waals surface area contributed by atoms with Crippen LogP contribution in [0.4, 0.5) is 14.3 Å². The van der Waals surface area contributed by atoms with Gasteiger partial charge in [-0.05, 0) is 73.0 Å². The standard InChI is InChI=1S/C39H35BF2N4O2/c41-40(42)45-33(20-21-34(45)27-35-22-24-37(46(35)40)30-12-3-1-4-13-30)23-25-38(47)43-26-10-2-5-17-39(48)44-28-32-15-7-6-11-29(32)18-19-31-14-8-9-16-36(31)44/h1,3-4,6-9,11-16,20-22,24,27H,2,5,10,17,23,25-26,28H2,(H,43,47). The summed E-state index contributed by atoms with van der Waals surface area (Å²) in [5, 5.41) is 2.92. The largest absolute Gasteiger partial charge is 0.737 e. The summed E-state index contributed by atoms with van der Waals surface area (Å²) in [6.07, 6.45) is 8.11. The number of anilines is 1. The average Bonchev–Trinajstić information content (AvgIpc) is 3.72. The average molecular weight is 641 g/mol. The van der Waals surface area contributed by atoms with Crippen LogP contribution in [0.5, 0.6) is 0 Å². The number of carbonyl (C=O) groups excluding carboxylic acids is 2. The number of amides is 2. The molecule has 4 heterocycles. The molecule has 1 aromatic heterocycles. The van der Waals surface area contributed by atoms with Gasteiger partial charge < -0.3 is 27.8 Å². The minimum Gasteiger partial charge on any atom is -0.394 e. The summed E-state index contributed by atoms with van der Waals surface area (Å²) in [5.74, 6) is 6.33. The lowest BCUT2D eigenvalue weighted by atomic mass is 9.89. The van der Waals surface area contributed by atoms with E-state index in [0.717, 1.165) is 49.7 Å². The molecule has 0 bridgehead atoms. The number of carbonyl (C=O) groups is 2. The molecule has 3 aromatic carbocycles. The molecule has 0 atom stereocenters. The Morgan fingerprint density at radius 1 is 0.812 bits per heavy atom. The van der Waals surface area contributed by atoms with Crippen LogP contribution >= 0.6 is 0 Å². The minimum absolute atomic E-state index is 0.0408. The van der Waals surface area contributed by atoms with Crippen LogP contribution in [0.3, 0.4) is 0 Å². The molecule has 2 amide bonds. The van der Waals surface area contributed by atoms with Crippen molar-refractivity contribution in [3.63, 3.8) is 0 Å². The molecule has 240 valence electrons. The zero-order valence-electron chi connectivity index (χ0n) is 26.5. The number of hydrogen-bond acceptors (Lipinski definition) is 2. The predicted octanol–water partition coefficient (Wildman–Crippen LogP) is 6.69. The van der Waals surface area contributed by atoms with E-state index >= 15 is 8.63 Å². The van der Waals surface area contributed by atoms with E-state index in [2.05, 4.69) is 17.2 Å². The number of aromatic nitrogens is 1. The van der Waals surface area contributed by atoms with Crippen LogP contribution in [0.2, 0.25) is 0 Å². The van der Waals surface area contributed by atoms with Gasteiger partial charge in [-0.2, -0.15) is 0 Å². The number of nitrogens with one attached hydrogen (secondary N) is 1. The van der Waals surface area contributed by atoms with Gasteiger partial charge in [0.05, 0.1) is 12.2 Å². The smallest absolute Gasteiger partial charge is 0.394 e. The number of nitrogens with zero attached hydrogens (tertiary/aromatic N) is 3. The molecule has 4 aromatic rings. The lowest BCUT2D eigenvalue weighted by Crippen LogP contribution is -2.51. The summed E-state index contributed by atoms with van der Waals surface area (Å²) < 4.78 is 34.4. The first-order valence-electron chi connectivity index (χ1n) is 16.5. The molecule has 0 radical (unpaired) electrons. The van der Waals surface area contributed by atoms with Crippen LogP contribution < -0.4 is 10.2 Å². The number of benzene rings is 3. The third-order valence-electron chi connectivity index (χ3n) is 9.14. The number of aryl methyl sites for hydroxylation is 1. The normalized spacial score (nSPS) is 15.2. The Hall–Kier alpha value is -5.49. The van der Waals surface area contributed by atoms with Gasteiger partial charge in [0, 0.05) is 60.0 Å². The van der Waals surface area contributed by atoms with Crippen molar-refractivity contribution >= 4 is 36.3 Å². The lowest BCUT2D eigenvalue weighted by Gasteiger charge is -2.30. The molecule has 0 fully saturated rings. The van der Waals surface area contributed by atoms with Gasteiger partial charge in [-0.3, -0.25) is 9.59 Å². The Labute approximate surface area is 279 Å². The molecular formula is C39H35BF2N4O2. The summed E-state index contributed by atoms with van der Waals surface area (Å²) in [6.45, 7) is -3.21. The van der Waals surface area contributed by atoms with Gasteiger partial charge in [0.1, 0.15) is 0 Å². The molecule has 0 unspecified atom stereocenters. The van der Waals surface area contributed by atoms with Crippen molar-refractivity contribution in [2.45, 2.75) is 45.1 Å². The first-order valence-corrected chi connectivity index (χ1v) is 16.5. The molecule has 0 saturated carbocycles. The van der Waals surface area contributed by atoms with Crippen molar-refractivity contribution in [1.82, 2.24) is 9.79 Å². The maximum absolute atomic E-state index is 16.1. The van der Waals surface area contributed by atoms with Gasteiger partial charge >= 0.3 is 6.97 Å². The number of unbranched alkanes of at least 4 members (excludes halogenated alkanes) is 2. The molecule has 0 saturated heterocycles. The van der Waals surface area contributed by atoms with Crippen molar-refractivity contribution in [2.24, 2.45) is 0 Å². The molecule has 48 heavy (non-hydrogen) atoms. The summed E-state index contributed by atoms with van der Waals surface area (Å²) in [7, 11) is 0. The van der Waals surface area contributed by atoms with Gasteiger partial charge in [-0.1, -0.05) is 66.8 Å². The fraction of sp³-hybridized carbons (Fsp3) is 0.205. The second-order valence-electron chi connectivity index (χ2n) is 12.3. The highest BCUT2D eigenvalue weighted by Gasteiger charge is 2.52. The molecule has 0 aliphatic carbocycles. The van der Waals surface area contributed by atoms with E-state index in [-0.39, 0.29) is 24.7 Å². The van der Waals surface area contributed by atoms with Crippen LogP contribution in [0.25, 0.3) is 6.08 Å². The monoisotopic (exact) mass is 640 g/mol. The van der Waals surface area contributed by atoms with Crippen LogP contribution in [-0.4, -0.2) is 40.0 Å². The topological polar surface area (TPSA) is 57.4 Å². The van der Waals surface area contributed by atoms with Gasteiger partial charge in [0.15, 0.2) is 11.4 Å². The number of halogens is 2. The fourth-order valence-corrected chi connectivity index (χ4v) is 6.73. The fourth-order valence-electron chi connectivity index (χ4n) is 6.73. The van der Waals surface area contributed by atoms with Gasteiger partial charge in [0.2, 0.25) is 11.8 Å². The predicted molar refractivity (Wildman–Crippen MR) is 186 cm³/mol. The zero-order valence-corrected chi connectivity index (χ0v) is 26.5. The van der Waals surface area contributed by atoms with Crippen molar-refractivity contribution in [3.8, 4) is 11.8 Å². The van der Waals surface area contributed by atoms with Gasteiger partial charge in [-0.15, -0.1) is 0 Å². The van der Waals surface area contributed by atoms with E-state index in [1.165, 1.54) is 0 Å². The Kier molecular flexibility index (Phi) is 8.64. The maximum atomic E-state index is 16.1. The minimum atomic E-state index is -4.14. The summed E-state index contributed by atoms with van der Waals surface area (Å²) in [6, 6.07) is 28.2. The third-order valence-corrected chi connectivity index (χ3v) is 9.14. The highest BCUT2D eigenvalue weighted by Crippen LogP contribution is 2.34. The summed E-state index contributed by atoms with van der Waals surface area (Å²) in [4.78, 5) is 27.9. The SMILES string of the molecule is O=C(CCc1ccc2n1[B-](F)(F)[N+]1=C(c3ccccc3)C=CC1=C2)NCCCCCC(=O)N1Cc2ccccc2C#Cc2ccccc21. The first kappa shape index (κ1) is 31.1. The second-order valence-corrected chi connectivity index (χ2v) is 12.3. The van der Waals surface area contributed by atoms with Crippen molar-refractivity contribution in [3.05, 3.63) is 142 Å². The highest BCUT2D eigenvalue weighted by atomic mass is 19.2. The molecule has 7 rings (SSSR count). The quantitative estimate of drug-likeness (QED) is 0.119. The second kappa shape index (κ2) is 13.3.